The molecule has 1 aliphatic rings. The summed E-state index contributed by atoms with van der Waals surface area (Å²) in [6, 6.07) is 10.2. The van der Waals surface area contributed by atoms with E-state index in [1.807, 2.05) is 18.2 Å². The second kappa shape index (κ2) is 5.95. The van der Waals surface area contributed by atoms with E-state index in [2.05, 4.69) is 17.1 Å². The summed E-state index contributed by atoms with van der Waals surface area (Å²) in [5.74, 6) is 2.26. The molecule has 0 amide bonds. The first-order valence-corrected chi connectivity index (χ1v) is 7.06. The fourth-order valence-corrected chi connectivity index (χ4v) is 2.81. The van der Waals surface area contributed by atoms with Gasteiger partial charge in [0.25, 0.3) is 0 Å². The van der Waals surface area contributed by atoms with Gasteiger partial charge in [0.1, 0.15) is 11.5 Å². The zero-order chi connectivity index (χ0) is 13.8. The fraction of sp³-hybridized carbons (Fsp3) is 0.353. The molecule has 2 aromatic rings. The summed E-state index contributed by atoms with van der Waals surface area (Å²) in [6.07, 6.45) is 7.07. The van der Waals surface area contributed by atoms with Crippen LogP contribution in [0.3, 0.4) is 0 Å². The van der Waals surface area contributed by atoms with Gasteiger partial charge in [-0.3, -0.25) is 4.98 Å². The Kier molecular flexibility index (Phi) is 3.86. The molecule has 1 heterocycles. The van der Waals surface area contributed by atoms with Gasteiger partial charge in [-0.05, 0) is 54.7 Å². The van der Waals surface area contributed by atoms with Gasteiger partial charge in [-0.15, -0.1) is 0 Å². The summed E-state index contributed by atoms with van der Waals surface area (Å²) in [7, 11) is 1.72. The van der Waals surface area contributed by atoms with E-state index < -0.39 is 0 Å². The SMILES string of the molecule is COc1ccc2c(c1)C(COc1ccncc1)CCC2. The lowest BCUT2D eigenvalue weighted by atomic mass is 9.83. The van der Waals surface area contributed by atoms with E-state index in [0.29, 0.717) is 12.5 Å². The second-order valence-electron chi connectivity index (χ2n) is 5.15. The van der Waals surface area contributed by atoms with Crippen molar-refractivity contribution in [1.29, 1.82) is 0 Å². The molecule has 0 aliphatic heterocycles. The minimum atomic E-state index is 0.446. The molecule has 1 unspecified atom stereocenters. The largest absolute Gasteiger partial charge is 0.497 e. The molecule has 0 fully saturated rings. The van der Waals surface area contributed by atoms with Crippen LogP contribution in [0.15, 0.2) is 42.7 Å². The van der Waals surface area contributed by atoms with Gasteiger partial charge < -0.3 is 9.47 Å². The number of hydrogen-bond acceptors (Lipinski definition) is 3. The van der Waals surface area contributed by atoms with E-state index >= 15 is 0 Å². The van der Waals surface area contributed by atoms with E-state index in [9.17, 15) is 0 Å². The van der Waals surface area contributed by atoms with Crippen LogP contribution in [0.2, 0.25) is 0 Å². The molecule has 20 heavy (non-hydrogen) atoms. The van der Waals surface area contributed by atoms with E-state index in [1.165, 1.54) is 24.0 Å². The van der Waals surface area contributed by atoms with Crippen molar-refractivity contribution in [3.05, 3.63) is 53.9 Å². The van der Waals surface area contributed by atoms with E-state index in [0.717, 1.165) is 17.9 Å². The molecule has 0 bridgehead atoms. The van der Waals surface area contributed by atoms with Crippen molar-refractivity contribution in [2.75, 3.05) is 13.7 Å². The molecule has 0 N–H and O–H groups in total. The number of ether oxygens (including phenoxy) is 2. The number of rotatable bonds is 4. The van der Waals surface area contributed by atoms with Crippen LogP contribution in [0, 0.1) is 0 Å². The first-order valence-electron chi connectivity index (χ1n) is 7.06. The Hall–Kier alpha value is -2.03. The third kappa shape index (κ3) is 2.77. The van der Waals surface area contributed by atoms with Gasteiger partial charge in [-0.2, -0.15) is 0 Å². The number of methoxy groups -OCH3 is 1. The molecule has 104 valence electrons. The maximum atomic E-state index is 5.90. The summed E-state index contributed by atoms with van der Waals surface area (Å²) in [5, 5.41) is 0. The van der Waals surface area contributed by atoms with Gasteiger partial charge in [-0.1, -0.05) is 6.07 Å². The lowest BCUT2D eigenvalue weighted by molar-refractivity contribution is 0.274. The Balaban J connectivity index is 1.75. The van der Waals surface area contributed by atoms with Crippen LogP contribution in [0.25, 0.3) is 0 Å². The maximum Gasteiger partial charge on any atom is 0.122 e. The Bertz CT molecular complexity index is 568. The highest BCUT2D eigenvalue weighted by Gasteiger charge is 2.21. The molecule has 0 saturated carbocycles. The first-order chi connectivity index (χ1) is 9.86. The highest BCUT2D eigenvalue weighted by atomic mass is 16.5. The summed E-state index contributed by atoms with van der Waals surface area (Å²) in [5.41, 5.74) is 2.81. The van der Waals surface area contributed by atoms with Crippen molar-refractivity contribution in [1.82, 2.24) is 4.98 Å². The predicted octanol–water partition coefficient (Wildman–Crippen LogP) is 3.59. The zero-order valence-corrected chi connectivity index (χ0v) is 11.7. The molecule has 1 atom stereocenters. The van der Waals surface area contributed by atoms with Gasteiger partial charge in [0.05, 0.1) is 13.7 Å². The van der Waals surface area contributed by atoms with Crippen LogP contribution >= 0.6 is 0 Å². The number of nitrogens with zero attached hydrogens (tertiary/aromatic N) is 1. The quantitative estimate of drug-likeness (QED) is 0.850. The number of benzene rings is 1. The van der Waals surface area contributed by atoms with Gasteiger partial charge in [0.2, 0.25) is 0 Å². The van der Waals surface area contributed by atoms with Crippen molar-refractivity contribution in [3.63, 3.8) is 0 Å². The molecule has 0 radical (unpaired) electrons. The minimum Gasteiger partial charge on any atom is -0.497 e. The van der Waals surface area contributed by atoms with Crippen molar-refractivity contribution < 1.29 is 9.47 Å². The molecule has 3 heteroatoms. The Morgan fingerprint density at radius 2 is 2.00 bits per heavy atom. The van der Waals surface area contributed by atoms with Crippen LogP contribution in [0.5, 0.6) is 11.5 Å². The summed E-state index contributed by atoms with van der Waals surface area (Å²) < 4.78 is 11.2. The van der Waals surface area contributed by atoms with Gasteiger partial charge in [-0.25, -0.2) is 0 Å². The minimum absolute atomic E-state index is 0.446. The molecule has 0 saturated heterocycles. The van der Waals surface area contributed by atoms with E-state index in [1.54, 1.807) is 19.5 Å². The Morgan fingerprint density at radius 1 is 1.15 bits per heavy atom. The van der Waals surface area contributed by atoms with Crippen molar-refractivity contribution >= 4 is 0 Å². The monoisotopic (exact) mass is 269 g/mol. The van der Waals surface area contributed by atoms with Crippen molar-refractivity contribution in [2.24, 2.45) is 0 Å². The summed E-state index contributed by atoms with van der Waals surface area (Å²) in [6.45, 7) is 0.712. The summed E-state index contributed by atoms with van der Waals surface area (Å²) >= 11 is 0. The van der Waals surface area contributed by atoms with E-state index in [-0.39, 0.29) is 0 Å². The van der Waals surface area contributed by atoms with Gasteiger partial charge in [0, 0.05) is 18.3 Å². The standard InChI is InChI=1S/C17H19NO2/c1-19-16-6-5-13-3-2-4-14(17(13)11-16)12-20-15-7-9-18-10-8-15/h5-11,14H,2-4,12H2,1H3. The first kappa shape index (κ1) is 13.0. The van der Waals surface area contributed by atoms with Crippen molar-refractivity contribution in [2.45, 2.75) is 25.2 Å². The van der Waals surface area contributed by atoms with Gasteiger partial charge in [0.15, 0.2) is 0 Å². The van der Waals surface area contributed by atoms with Gasteiger partial charge >= 0.3 is 0 Å². The number of fused-ring (bicyclic) bond motifs is 1. The highest BCUT2D eigenvalue weighted by Crippen LogP contribution is 2.34. The molecular weight excluding hydrogens is 250 g/mol. The normalized spacial score (nSPS) is 17.4. The molecule has 1 aromatic heterocycles. The van der Waals surface area contributed by atoms with Crippen LogP contribution in [0.4, 0.5) is 0 Å². The number of aromatic nitrogens is 1. The van der Waals surface area contributed by atoms with E-state index in [4.69, 9.17) is 9.47 Å². The zero-order valence-electron chi connectivity index (χ0n) is 11.7. The molecule has 1 aromatic carbocycles. The Labute approximate surface area is 119 Å². The van der Waals surface area contributed by atoms with Crippen molar-refractivity contribution in [3.8, 4) is 11.5 Å². The van der Waals surface area contributed by atoms with Crippen LogP contribution < -0.4 is 9.47 Å². The average Bonchev–Trinajstić information content (AvgIpc) is 2.53. The molecule has 1 aliphatic carbocycles. The second-order valence-corrected chi connectivity index (χ2v) is 5.15. The third-order valence-electron chi connectivity index (χ3n) is 3.89. The highest BCUT2D eigenvalue weighted by molar-refractivity contribution is 5.39. The third-order valence-corrected chi connectivity index (χ3v) is 3.89. The number of aryl methyl sites for hydroxylation is 1. The lowest BCUT2D eigenvalue weighted by Crippen LogP contribution is -2.16. The van der Waals surface area contributed by atoms with Crippen LogP contribution in [-0.2, 0) is 6.42 Å². The average molecular weight is 269 g/mol. The number of pyridine rings is 1. The number of hydrogen-bond donors (Lipinski definition) is 0. The predicted molar refractivity (Wildman–Crippen MR) is 78.4 cm³/mol. The fourth-order valence-electron chi connectivity index (χ4n) is 2.81. The van der Waals surface area contributed by atoms with Crippen LogP contribution in [0.1, 0.15) is 29.9 Å². The molecule has 0 spiro atoms. The molecule has 3 rings (SSSR count). The maximum absolute atomic E-state index is 5.90. The summed E-state index contributed by atoms with van der Waals surface area (Å²) in [4.78, 5) is 4.00. The smallest absolute Gasteiger partial charge is 0.122 e. The molecular formula is C17H19NO2. The van der Waals surface area contributed by atoms with Crippen LogP contribution in [-0.4, -0.2) is 18.7 Å². The lowest BCUT2D eigenvalue weighted by Gasteiger charge is -2.26. The Morgan fingerprint density at radius 3 is 2.80 bits per heavy atom. The topological polar surface area (TPSA) is 31.4 Å². The molecule has 3 nitrogen and oxygen atoms in total.